The summed E-state index contributed by atoms with van der Waals surface area (Å²) in [6.45, 7) is 1.98. The van der Waals surface area contributed by atoms with Crippen molar-refractivity contribution in [2.24, 2.45) is 0 Å². The number of oxazole rings is 1. The van der Waals surface area contributed by atoms with Crippen LogP contribution in [0.1, 0.15) is 22.7 Å². The SMILES string of the molecule is CNC(c1ccc(Cl)c(C)c1)c1ccc2[nH]c(=O)oc2c1. The Balaban J connectivity index is 2.08. The molecule has 0 aliphatic carbocycles. The number of hydrogen-bond acceptors (Lipinski definition) is 3. The first kappa shape index (κ1) is 13.9. The Kier molecular flexibility index (Phi) is 3.57. The van der Waals surface area contributed by atoms with E-state index in [0.717, 1.165) is 21.7 Å². The van der Waals surface area contributed by atoms with E-state index in [1.54, 1.807) is 0 Å². The lowest BCUT2D eigenvalue weighted by Gasteiger charge is -2.18. The zero-order valence-corrected chi connectivity index (χ0v) is 12.5. The quantitative estimate of drug-likeness (QED) is 0.779. The summed E-state index contributed by atoms with van der Waals surface area (Å²) in [5.41, 5.74) is 4.42. The summed E-state index contributed by atoms with van der Waals surface area (Å²) in [7, 11) is 1.89. The lowest BCUT2D eigenvalue weighted by molar-refractivity contribution is 0.554. The molecule has 0 spiro atoms. The van der Waals surface area contributed by atoms with Crippen LogP contribution in [0, 0.1) is 6.92 Å². The van der Waals surface area contributed by atoms with Crippen LogP contribution in [-0.4, -0.2) is 12.0 Å². The van der Waals surface area contributed by atoms with E-state index in [-0.39, 0.29) is 6.04 Å². The first-order valence-electron chi connectivity index (χ1n) is 6.64. The molecule has 2 N–H and O–H groups in total. The van der Waals surface area contributed by atoms with Crippen molar-refractivity contribution in [3.05, 3.63) is 68.7 Å². The minimum atomic E-state index is -0.439. The van der Waals surface area contributed by atoms with Gasteiger partial charge in [0.25, 0.3) is 0 Å². The van der Waals surface area contributed by atoms with Gasteiger partial charge in [0.1, 0.15) is 0 Å². The van der Waals surface area contributed by atoms with Gasteiger partial charge in [-0.2, -0.15) is 0 Å². The van der Waals surface area contributed by atoms with Gasteiger partial charge in [-0.05, 0) is 48.9 Å². The van der Waals surface area contributed by atoms with E-state index in [9.17, 15) is 4.79 Å². The third-order valence-electron chi connectivity index (χ3n) is 3.58. The molecule has 3 rings (SSSR count). The monoisotopic (exact) mass is 302 g/mol. The molecule has 3 aromatic rings. The van der Waals surface area contributed by atoms with Crippen molar-refractivity contribution in [2.75, 3.05) is 7.05 Å². The van der Waals surface area contributed by atoms with E-state index in [1.165, 1.54) is 0 Å². The van der Waals surface area contributed by atoms with Crippen LogP contribution in [0.4, 0.5) is 0 Å². The maximum atomic E-state index is 11.2. The molecule has 1 atom stereocenters. The summed E-state index contributed by atoms with van der Waals surface area (Å²) >= 11 is 6.08. The fourth-order valence-corrected chi connectivity index (χ4v) is 2.63. The van der Waals surface area contributed by atoms with E-state index in [4.69, 9.17) is 16.0 Å². The molecule has 0 radical (unpaired) electrons. The van der Waals surface area contributed by atoms with Crippen LogP contribution < -0.4 is 11.1 Å². The normalized spacial score (nSPS) is 12.7. The lowest BCUT2D eigenvalue weighted by Crippen LogP contribution is -2.17. The Morgan fingerprint density at radius 2 is 1.90 bits per heavy atom. The van der Waals surface area contributed by atoms with E-state index in [0.29, 0.717) is 11.1 Å². The Labute approximate surface area is 126 Å². The number of H-pyrrole nitrogens is 1. The molecule has 108 valence electrons. The summed E-state index contributed by atoms with van der Waals surface area (Å²) in [6.07, 6.45) is 0. The summed E-state index contributed by atoms with van der Waals surface area (Å²) in [4.78, 5) is 13.9. The van der Waals surface area contributed by atoms with Gasteiger partial charge in [-0.15, -0.1) is 0 Å². The largest absolute Gasteiger partial charge is 0.417 e. The van der Waals surface area contributed by atoms with E-state index >= 15 is 0 Å². The Bertz CT molecular complexity index is 851. The van der Waals surface area contributed by atoms with Gasteiger partial charge in [-0.1, -0.05) is 29.8 Å². The molecule has 1 aromatic heterocycles. The van der Waals surface area contributed by atoms with Crippen LogP contribution in [0.2, 0.25) is 5.02 Å². The fraction of sp³-hybridized carbons (Fsp3) is 0.188. The number of aromatic amines is 1. The second-order valence-corrected chi connectivity index (χ2v) is 5.41. The van der Waals surface area contributed by atoms with Gasteiger partial charge < -0.3 is 9.73 Å². The second kappa shape index (κ2) is 5.39. The zero-order chi connectivity index (χ0) is 15.0. The van der Waals surface area contributed by atoms with Gasteiger partial charge in [-0.3, -0.25) is 4.98 Å². The molecule has 0 bridgehead atoms. The van der Waals surface area contributed by atoms with E-state index in [2.05, 4.69) is 16.4 Å². The van der Waals surface area contributed by atoms with Crippen LogP contribution in [-0.2, 0) is 0 Å². The summed E-state index contributed by atoms with van der Waals surface area (Å²) in [6, 6.07) is 11.6. The van der Waals surface area contributed by atoms with Crippen LogP contribution in [0.15, 0.2) is 45.6 Å². The minimum absolute atomic E-state index is 0.00516. The summed E-state index contributed by atoms with van der Waals surface area (Å²) < 4.78 is 5.12. The molecule has 21 heavy (non-hydrogen) atoms. The predicted molar refractivity (Wildman–Crippen MR) is 83.9 cm³/mol. The maximum absolute atomic E-state index is 11.2. The van der Waals surface area contributed by atoms with Crippen molar-refractivity contribution in [1.29, 1.82) is 0 Å². The number of hydrogen-bond donors (Lipinski definition) is 2. The highest BCUT2D eigenvalue weighted by molar-refractivity contribution is 6.31. The van der Waals surface area contributed by atoms with E-state index < -0.39 is 5.76 Å². The molecule has 0 fully saturated rings. The van der Waals surface area contributed by atoms with Crippen LogP contribution in [0.5, 0.6) is 0 Å². The molecule has 1 heterocycles. The number of nitrogens with one attached hydrogen (secondary N) is 2. The molecule has 1 unspecified atom stereocenters. The molecule has 0 aliphatic heterocycles. The molecule has 0 saturated heterocycles. The molecular weight excluding hydrogens is 288 g/mol. The average molecular weight is 303 g/mol. The highest BCUT2D eigenvalue weighted by atomic mass is 35.5. The highest BCUT2D eigenvalue weighted by Crippen LogP contribution is 2.27. The van der Waals surface area contributed by atoms with Crippen molar-refractivity contribution in [3.63, 3.8) is 0 Å². The number of benzene rings is 2. The molecular formula is C16H15ClN2O2. The van der Waals surface area contributed by atoms with Gasteiger partial charge in [0.05, 0.1) is 11.6 Å². The summed E-state index contributed by atoms with van der Waals surface area (Å²) in [5.74, 6) is -0.439. The number of fused-ring (bicyclic) bond motifs is 1. The third-order valence-corrected chi connectivity index (χ3v) is 4.01. The topological polar surface area (TPSA) is 58.0 Å². The van der Waals surface area contributed by atoms with Crippen molar-refractivity contribution in [3.8, 4) is 0 Å². The van der Waals surface area contributed by atoms with Crippen molar-refractivity contribution in [1.82, 2.24) is 10.3 Å². The maximum Gasteiger partial charge on any atom is 0.417 e. The number of aryl methyl sites for hydroxylation is 1. The average Bonchev–Trinajstić information content (AvgIpc) is 2.83. The van der Waals surface area contributed by atoms with Gasteiger partial charge in [-0.25, -0.2) is 4.79 Å². The smallest absolute Gasteiger partial charge is 0.408 e. The third kappa shape index (κ3) is 2.60. The van der Waals surface area contributed by atoms with Crippen LogP contribution >= 0.6 is 11.6 Å². The van der Waals surface area contributed by atoms with E-state index in [1.807, 2.05) is 44.3 Å². The van der Waals surface area contributed by atoms with Gasteiger partial charge in [0, 0.05) is 5.02 Å². The number of aromatic nitrogens is 1. The molecule has 0 saturated carbocycles. The van der Waals surface area contributed by atoms with Gasteiger partial charge in [0.15, 0.2) is 5.58 Å². The minimum Gasteiger partial charge on any atom is -0.408 e. The zero-order valence-electron chi connectivity index (χ0n) is 11.7. The van der Waals surface area contributed by atoms with Crippen molar-refractivity contribution in [2.45, 2.75) is 13.0 Å². The van der Waals surface area contributed by atoms with Crippen molar-refractivity contribution < 1.29 is 4.42 Å². The molecule has 0 aliphatic rings. The first-order chi connectivity index (χ1) is 10.1. The van der Waals surface area contributed by atoms with Crippen molar-refractivity contribution >= 4 is 22.7 Å². The molecule has 4 nitrogen and oxygen atoms in total. The second-order valence-electron chi connectivity index (χ2n) is 5.00. The molecule has 2 aromatic carbocycles. The molecule has 0 amide bonds. The standard InChI is InChI=1S/C16H15ClN2O2/c1-9-7-10(3-5-12(9)17)15(18-2)11-4-6-13-14(8-11)21-16(20)19-13/h3-8,15,18H,1-2H3,(H,19,20). The molecule has 5 heteroatoms. The Morgan fingerprint density at radius 1 is 1.19 bits per heavy atom. The van der Waals surface area contributed by atoms with Crippen LogP contribution in [0.3, 0.4) is 0 Å². The Morgan fingerprint density at radius 3 is 2.62 bits per heavy atom. The van der Waals surface area contributed by atoms with Gasteiger partial charge >= 0.3 is 5.76 Å². The van der Waals surface area contributed by atoms with Gasteiger partial charge in [0.2, 0.25) is 0 Å². The highest BCUT2D eigenvalue weighted by Gasteiger charge is 2.14. The van der Waals surface area contributed by atoms with Crippen LogP contribution in [0.25, 0.3) is 11.1 Å². The lowest BCUT2D eigenvalue weighted by atomic mass is 9.97. The first-order valence-corrected chi connectivity index (χ1v) is 7.02. The summed E-state index contributed by atoms with van der Waals surface area (Å²) in [5, 5.41) is 4.03. The predicted octanol–water partition coefficient (Wildman–Crippen LogP) is 3.39. The fourth-order valence-electron chi connectivity index (χ4n) is 2.51. The number of halogens is 1. The number of rotatable bonds is 3. The Hall–Kier alpha value is -2.04.